The number of nitro benzene ring substituents is 1. The van der Waals surface area contributed by atoms with E-state index in [1.807, 2.05) is 35.2 Å². The monoisotopic (exact) mass is 468 g/mol. The third kappa shape index (κ3) is 6.54. The van der Waals surface area contributed by atoms with Gasteiger partial charge in [0.15, 0.2) is 0 Å². The maximum atomic E-state index is 12.7. The Hall–Kier alpha value is -3.46. The minimum atomic E-state index is -0.507. The predicted octanol–water partition coefficient (Wildman–Crippen LogP) is 3.95. The van der Waals surface area contributed by atoms with Crippen LogP contribution in [0.2, 0.25) is 0 Å². The van der Waals surface area contributed by atoms with E-state index in [9.17, 15) is 19.7 Å². The third-order valence-electron chi connectivity index (χ3n) is 6.09. The molecule has 2 aromatic carbocycles. The molecule has 1 aliphatic rings. The van der Waals surface area contributed by atoms with Crippen LogP contribution in [0.15, 0.2) is 48.5 Å². The zero-order valence-electron chi connectivity index (χ0n) is 19.7. The first-order chi connectivity index (χ1) is 16.4. The van der Waals surface area contributed by atoms with E-state index < -0.39 is 4.92 Å². The van der Waals surface area contributed by atoms with Crippen LogP contribution >= 0.6 is 0 Å². The van der Waals surface area contributed by atoms with Gasteiger partial charge in [0.1, 0.15) is 5.75 Å². The maximum Gasteiger partial charge on any atom is 0.271 e. The second-order valence-corrected chi connectivity index (χ2v) is 8.37. The number of ether oxygens (including phenoxy) is 1. The van der Waals surface area contributed by atoms with E-state index in [1.165, 1.54) is 25.3 Å². The summed E-state index contributed by atoms with van der Waals surface area (Å²) in [6, 6.07) is 13.7. The zero-order valence-corrected chi connectivity index (χ0v) is 19.7. The lowest BCUT2D eigenvalue weighted by Crippen LogP contribution is -2.47. The highest BCUT2D eigenvalue weighted by Gasteiger charge is 2.27. The average molecular weight is 469 g/mol. The van der Waals surface area contributed by atoms with Crippen LogP contribution in [0.4, 0.5) is 11.4 Å². The van der Waals surface area contributed by atoms with E-state index in [4.69, 9.17) is 4.74 Å². The summed E-state index contributed by atoms with van der Waals surface area (Å²) in [5.41, 5.74) is 0.886. The maximum absolute atomic E-state index is 12.7. The number of anilines is 1. The lowest BCUT2D eigenvalue weighted by atomic mass is 10.0. The fourth-order valence-corrected chi connectivity index (χ4v) is 4.33. The molecule has 1 N–H and O–H groups in total. The van der Waals surface area contributed by atoms with E-state index in [0.29, 0.717) is 37.0 Å². The molecule has 0 aliphatic carbocycles. The van der Waals surface area contributed by atoms with Crippen molar-refractivity contribution in [1.29, 1.82) is 0 Å². The summed E-state index contributed by atoms with van der Waals surface area (Å²) in [5, 5.41) is 13.8. The number of nitrogens with zero attached hydrogens (tertiary/aromatic N) is 3. The summed E-state index contributed by atoms with van der Waals surface area (Å²) in [6.45, 7) is 4.93. The second-order valence-electron chi connectivity index (χ2n) is 8.37. The van der Waals surface area contributed by atoms with E-state index >= 15 is 0 Å². The van der Waals surface area contributed by atoms with Crippen molar-refractivity contribution in [2.24, 2.45) is 0 Å². The summed E-state index contributed by atoms with van der Waals surface area (Å²) in [4.78, 5) is 40.1. The number of nitro groups is 1. The lowest BCUT2D eigenvalue weighted by molar-refractivity contribution is -0.384. The lowest BCUT2D eigenvalue weighted by Gasteiger charge is -2.38. The topological polar surface area (TPSA) is 105 Å². The molecule has 0 unspecified atom stereocenters. The van der Waals surface area contributed by atoms with E-state index in [0.717, 1.165) is 25.8 Å². The van der Waals surface area contributed by atoms with Crippen LogP contribution in [0.3, 0.4) is 0 Å². The van der Waals surface area contributed by atoms with Crippen LogP contribution in [-0.2, 0) is 4.79 Å². The summed E-state index contributed by atoms with van der Waals surface area (Å²) in [5.74, 6) is 0.211. The van der Waals surface area contributed by atoms with Crippen LogP contribution in [0.5, 0.6) is 5.75 Å². The number of non-ortho nitro benzene ring substituents is 1. The van der Waals surface area contributed by atoms with Gasteiger partial charge in [0.25, 0.3) is 11.6 Å². The Labute approximate surface area is 199 Å². The number of amides is 2. The summed E-state index contributed by atoms with van der Waals surface area (Å²) in [6.07, 6.45) is 2.94. The highest BCUT2D eigenvalue weighted by Crippen LogP contribution is 2.29. The Morgan fingerprint density at radius 1 is 1.15 bits per heavy atom. The first-order valence-electron chi connectivity index (χ1n) is 11.6. The van der Waals surface area contributed by atoms with Gasteiger partial charge in [-0.15, -0.1) is 0 Å². The highest BCUT2D eigenvalue weighted by molar-refractivity contribution is 5.94. The molecule has 1 aliphatic heterocycles. The van der Waals surface area contributed by atoms with Crippen LogP contribution < -0.4 is 10.1 Å². The average Bonchev–Trinajstić information content (AvgIpc) is 2.86. The molecule has 0 spiro atoms. The van der Waals surface area contributed by atoms with Crippen LogP contribution in [0.25, 0.3) is 0 Å². The normalized spacial score (nSPS) is 14.1. The number of rotatable bonds is 10. The number of hydrogen-bond donors (Lipinski definition) is 1. The van der Waals surface area contributed by atoms with Gasteiger partial charge in [-0.25, -0.2) is 0 Å². The minimum Gasteiger partial charge on any atom is -0.495 e. The molecule has 34 heavy (non-hydrogen) atoms. The van der Waals surface area contributed by atoms with Gasteiger partial charge < -0.3 is 15.0 Å². The van der Waals surface area contributed by atoms with Gasteiger partial charge in [0.2, 0.25) is 5.91 Å². The summed E-state index contributed by atoms with van der Waals surface area (Å²) in [7, 11) is 1.45. The molecule has 9 nitrogen and oxygen atoms in total. The van der Waals surface area contributed by atoms with Gasteiger partial charge in [0, 0.05) is 49.8 Å². The third-order valence-corrected chi connectivity index (χ3v) is 6.09. The van der Waals surface area contributed by atoms with E-state index in [2.05, 4.69) is 17.1 Å². The molecular formula is C25H32N4O5. The summed E-state index contributed by atoms with van der Waals surface area (Å²) >= 11 is 0. The molecule has 0 atom stereocenters. The fraction of sp³-hybridized carbons (Fsp3) is 0.440. The number of hydrogen-bond acceptors (Lipinski definition) is 6. The van der Waals surface area contributed by atoms with Crippen LogP contribution in [0.1, 0.15) is 43.0 Å². The first-order valence-corrected chi connectivity index (χ1v) is 11.6. The number of likely N-dealkylation sites (tertiary alicyclic amines) is 1. The molecule has 0 saturated carbocycles. The van der Waals surface area contributed by atoms with Gasteiger partial charge in [-0.3, -0.25) is 24.6 Å². The summed E-state index contributed by atoms with van der Waals surface area (Å²) < 4.78 is 5.22. The van der Waals surface area contributed by atoms with E-state index in [1.54, 1.807) is 0 Å². The Bertz CT molecular complexity index is 990. The molecule has 2 aromatic rings. The first kappa shape index (κ1) is 25.2. The molecule has 1 heterocycles. The predicted molar refractivity (Wildman–Crippen MR) is 130 cm³/mol. The Kier molecular flexibility index (Phi) is 8.98. The van der Waals surface area contributed by atoms with Crippen molar-refractivity contribution in [2.45, 2.75) is 38.6 Å². The van der Waals surface area contributed by atoms with Gasteiger partial charge >= 0.3 is 0 Å². The highest BCUT2D eigenvalue weighted by atomic mass is 16.6. The number of carbonyl (C=O) groups is 2. The molecule has 0 aromatic heterocycles. The molecular weight excluding hydrogens is 436 g/mol. The Morgan fingerprint density at radius 2 is 1.85 bits per heavy atom. The second kappa shape index (κ2) is 12.1. The smallest absolute Gasteiger partial charge is 0.271 e. The van der Waals surface area contributed by atoms with Crippen molar-refractivity contribution in [1.82, 2.24) is 9.80 Å². The fourth-order valence-electron chi connectivity index (χ4n) is 4.33. The van der Waals surface area contributed by atoms with Crippen molar-refractivity contribution in [3.63, 3.8) is 0 Å². The number of nitrogens with one attached hydrogen (secondary N) is 1. The quantitative estimate of drug-likeness (QED) is 0.418. The van der Waals surface area contributed by atoms with Gasteiger partial charge in [-0.2, -0.15) is 0 Å². The Morgan fingerprint density at radius 3 is 2.47 bits per heavy atom. The Balaban J connectivity index is 1.55. The largest absolute Gasteiger partial charge is 0.495 e. The SMILES string of the molecule is CCCN(CCC(=O)Nc1cc([N+](=O)[O-])ccc1OC)C1CCN(C(=O)c2ccccc2)CC1. The molecule has 2 amide bonds. The number of piperidine rings is 1. The van der Waals surface area contributed by atoms with Crippen molar-refractivity contribution in [2.75, 3.05) is 38.6 Å². The van der Waals surface area contributed by atoms with Crippen LogP contribution in [-0.4, -0.2) is 65.9 Å². The zero-order chi connectivity index (χ0) is 24.5. The molecule has 0 radical (unpaired) electrons. The van der Waals surface area contributed by atoms with Gasteiger partial charge in [-0.05, 0) is 44.0 Å². The number of benzene rings is 2. The van der Waals surface area contributed by atoms with Crippen molar-refractivity contribution in [3.05, 3.63) is 64.2 Å². The van der Waals surface area contributed by atoms with Crippen molar-refractivity contribution < 1.29 is 19.2 Å². The minimum absolute atomic E-state index is 0.0615. The van der Waals surface area contributed by atoms with Gasteiger partial charge in [-0.1, -0.05) is 25.1 Å². The number of carbonyl (C=O) groups excluding carboxylic acids is 2. The number of methoxy groups -OCH3 is 1. The van der Waals surface area contributed by atoms with Crippen molar-refractivity contribution in [3.8, 4) is 5.75 Å². The van der Waals surface area contributed by atoms with Crippen LogP contribution in [0, 0.1) is 10.1 Å². The van der Waals surface area contributed by atoms with E-state index in [-0.39, 0.29) is 29.6 Å². The van der Waals surface area contributed by atoms with Gasteiger partial charge in [0.05, 0.1) is 17.7 Å². The molecule has 182 valence electrons. The standard InChI is InChI=1S/C25H32N4O5/c1-3-14-27(20-11-15-28(16-12-20)25(31)19-7-5-4-6-8-19)17-13-24(30)26-22-18-21(29(32)33)9-10-23(22)34-2/h4-10,18,20H,3,11-17H2,1-2H3,(H,26,30). The van der Waals surface area contributed by atoms with Crippen molar-refractivity contribution >= 4 is 23.2 Å². The molecule has 1 fully saturated rings. The molecule has 3 rings (SSSR count). The molecule has 1 saturated heterocycles. The molecule has 9 heteroatoms. The molecule has 0 bridgehead atoms.